The second-order valence-corrected chi connectivity index (χ2v) is 6.78. The van der Waals surface area contributed by atoms with Crippen molar-refractivity contribution in [2.75, 3.05) is 16.8 Å². The first-order valence-electron chi connectivity index (χ1n) is 8.94. The van der Waals surface area contributed by atoms with Crippen LogP contribution in [0.15, 0.2) is 48.5 Å². The Morgan fingerprint density at radius 3 is 2.48 bits per heavy atom. The number of aryl methyl sites for hydroxylation is 1. The van der Waals surface area contributed by atoms with E-state index in [9.17, 15) is 14.4 Å². The molecule has 6 heteroatoms. The highest BCUT2D eigenvalue weighted by Gasteiger charge is 2.35. The summed E-state index contributed by atoms with van der Waals surface area (Å²) >= 11 is 0. The lowest BCUT2D eigenvalue weighted by Gasteiger charge is -2.17. The topological polar surface area (TPSA) is 78.5 Å². The number of rotatable bonds is 5. The van der Waals surface area contributed by atoms with E-state index in [0.717, 1.165) is 16.8 Å². The van der Waals surface area contributed by atoms with Crippen LogP contribution in [0.2, 0.25) is 0 Å². The molecule has 0 spiro atoms. The first kappa shape index (κ1) is 18.6. The Morgan fingerprint density at radius 2 is 1.81 bits per heavy atom. The average molecular weight is 365 g/mol. The summed E-state index contributed by atoms with van der Waals surface area (Å²) in [7, 11) is 0. The fourth-order valence-corrected chi connectivity index (χ4v) is 3.20. The number of hydrogen-bond donors (Lipinski definition) is 2. The van der Waals surface area contributed by atoms with Gasteiger partial charge in [0.15, 0.2) is 0 Å². The van der Waals surface area contributed by atoms with Crippen molar-refractivity contribution in [3.05, 3.63) is 59.7 Å². The molecule has 0 aliphatic carbocycles. The van der Waals surface area contributed by atoms with E-state index in [0.29, 0.717) is 18.8 Å². The Morgan fingerprint density at radius 1 is 1.11 bits per heavy atom. The van der Waals surface area contributed by atoms with Crippen LogP contribution >= 0.6 is 0 Å². The summed E-state index contributed by atoms with van der Waals surface area (Å²) in [5.41, 5.74) is 3.59. The SMILES string of the molecule is CC(=O)Nc1ccc(N2CC(C(=O)NCc3ccccc3C)CC2=O)cc1. The van der Waals surface area contributed by atoms with Crippen molar-refractivity contribution in [3.63, 3.8) is 0 Å². The maximum absolute atomic E-state index is 12.5. The molecule has 2 N–H and O–H groups in total. The Labute approximate surface area is 158 Å². The van der Waals surface area contributed by atoms with E-state index >= 15 is 0 Å². The predicted octanol–water partition coefficient (Wildman–Crippen LogP) is 2.62. The number of nitrogens with zero attached hydrogens (tertiary/aromatic N) is 1. The number of anilines is 2. The van der Waals surface area contributed by atoms with Crippen molar-refractivity contribution in [2.45, 2.75) is 26.8 Å². The average Bonchev–Trinajstić information content (AvgIpc) is 3.03. The fourth-order valence-electron chi connectivity index (χ4n) is 3.20. The third-order valence-corrected chi connectivity index (χ3v) is 4.71. The number of nitrogens with one attached hydrogen (secondary N) is 2. The van der Waals surface area contributed by atoms with Crippen LogP contribution in [0.5, 0.6) is 0 Å². The molecule has 0 saturated carbocycles. The Balaban J connectivity index is 1.60. The maximum Gasteiger partial charge on any atom is 0.227 e. The second kappa shape index (κ2) is 8.03. The molecular weight excluding hydrogens is 342 g/mol. The van der Waals surface area contributed by atoms with Crippen LogP contribution in [0.3, 0.4) is 0 Å². The van der Waals surface area contributed by atoms with Crippen LogP contribution in [0, 0.1) is 12.8 Å². The Bertz CT molecular complexity index is 861. The highest BCUT2D eigenvalue weighted by Crippen LogP contribution is 2.26. The van der Waals surface area contributed by atoms with Gasteiger partial charge in [0.2, 0.25) is 17.7 Å². The van der Waals surface area contributed by atoms with Crippen LogP contribution in [0.4, 0.5) is 11.4 Å². The van der Waals surface area contributed by atoms with Gasteiger partial charge in [-0.05, 0) is 42.3 Å². The number of amides is 3. The lowest BCUT2D eigenvalue weighted by molar-refractivity contribution is -0.126. The van der Waals surface area contributed by atoms with Crippen LogP contribution in [0.25, 0.3) is 0 Å². The van der Waals surface area contributed by atoms with Gasteiger partial charge in [-0.2, -0.15) is 0 Å². The van der Waals surface area contributed by atoms with Crippen molar-refractivity contribution in [1.29, 1.82) is 0 Å². The van der Waals surface area contributed by atoms with Gasteiger partial charge in [0, 0.05) is 37.8 Å². The standard InChI is InChI=1S/C21H23N3O3/c1-14-5-3-4-6-16(14)12-22-21(27)17-11-20(26)24(13-17)19-9-7-18(8-10-19)23-15(2)25/h3-10,17H,11-13H2,1-2H3,(H,22,27)(H,23,25). The zero-order valence-electron chi connectivity index (χ0n) is 15.5. The first-order chi connectivity index (χ1) is 12.9. The molecule has 0 aromatic heterocycles. The molecular formula is C21H23N3O3. The third kappa shape index (κ3) is 4.53. The van der Waals surface area contributed by atoms with Crippen LogP contribution < -0.4 is 15.5 Å². The molecule has 1 aliphatic rings. The molecule has 1 unspecified atom stereocenters. The van der Waals surface area contributed by atoms with Crippen molar-refractivity contribution >= 4 is 29.1 Å². The summed E-state index contributed by atoms with van der Waals surface area (Å²) in [6.45, 7) is 4.27. The predicted molar refractivity (Wildman–Crippen MR) is 104 cm³/mol. The van der Waals surface area contributed by atoms with Crippen LogP contribution in [-0.2, 0) is 20.9 Å². The quantitative estimate of drug-likeness (QED) is 0.855. The molecule has 3 rings (SSSR count). The molecule has 0 bridgehead atoms. The lowest BCUT2D eigenvalue weighted by atomic mass is 10.1. The number of carbonyl (C=O) groups is 3. The van der Waals surface area contributed by atoms with Crippen molar-refractivity contribution in [3.8, 4) is 0 Å². The minimum Gasteiger partial charge on any atom is -0.352 e. The molecule has 1 fully saturated rings. The van der Waals surface area contributed by atoms with E-state index in [4.69, 9.17) is 0 Å². The molecule has 2 aromatic rings. The summed E-state index contributed by atoms with van der Waals surface area (Å²) < 4.78 is 0. The van der Waals surface area contributed by atoms with E-state index in [-0.39, 0.29) is 30.1 Å². The fraction of sp³-hybridized carbons (Fsp3) is 0.286. The van der Waals surface area contributed by atoms with Crippen LogP contribution in [-0.4, -0.2) is 24.3 Å². The second-order valence-electron chi connectivity index (χ2n) is 6.78. The zero-order valence-corrected chi connectivity index (χ0v) is 15.5. The molecule has 0 radical (unpaired) electrons. The van der Waals surface area contributed by atoms with E-state index in [1.165, 1.54) is 6.92 Å². The first-order valence-corrected chi connectivity index (χ1v) is 8.94. The summed E-state index contributed by atoms with van der Waals surface area (Å²) in [6, 6.07) is 14.9. The van der Waals surface area contributed by atoms with Crippen LogP contribution in [0.1, 0.15) is 24.5 Å². The third-order valence-electron chi connectivity index (χ3n) is 4.71. The summed E-state index contributed by atoms with van der Waals surface area (Å²) in [4.78, 5) is 37.6. The van der Waals surface area contributed by atoms with Gasteiger partial charge in [-0.25, -0.2) is 0 Å². The largest absolute Gasteiger partial charge is 0.352 e. The molecule has 1 saturated heterocycles. The van der Waals surface area contributed by atoms with Crippen molar-refractivity contribution in [2.24, 2.45) is 5.92 Å². The molecule has 1 heterocycles. The van der Waals surface area contributed by atoms with E-state index < -0.39 is 0 Å². The molecule has 140 valence electrons. The summed E-state index contributed by atoms with van der Waals surface area (Å²) in [5, 5.41) is 5.63. The zero-order chi connectivity index (χ0) is 19.4. The minimum absolute atomic E-state index is 0.0710. The molecule has 27 heavy (non-hydrogen) atoms. The van der Waals surface area contributed by atoms with E-state index in [2.05, 4.69) is 10.6 Å². The van der Waals surface area contributed by atoms with Gasteiger partial charge in [-0.3, -0.25) is 14.4 Å². The number of benzene rings is 2. The smallest absolute Gasteiger partial charge is 0.227 e. The maximum atomic E-state index is 12.5. The van der Waals surface area contributed by atoms with E-state index in [1.807, 2.05) is 31.2 Å². The number of carbonyl (C=O) groups excluding carboxylic acids is 3. The minimum atomic E-state index is -0.364. The normalized spacial score (nSPS) is 16.3. The van der Waals surface area contributed by atoms with Crippen molar-refractivity contribution < 1.29 is 14.4 Å². The van der Waals surface area contributed by atoms with Gasteiger partial charge in [0.05, 0.1) is 5.92 Å². The van der Waals surface area contributed by atoms with Gasteiger partial charge in [0.1, 0.15) is 0 Å². The highest BCUT2D eigenvalue weighted by molar-refractivity contribution is 6.00. The van der Waals surface area contributed by atoms with Gasteiger partial charge in [-0.15, -0.1) is 0 Å². The number of hydrogen-bond acceptors (Lipinski definition) is 3. The van der Waals surface area contributed by atoms with Gasteiger partial charge >= 0.3 is 0 Å². The summed E-state index contributed by atoms with van der Waals surface area (Å²) in [6.07, 6.45) is 0.201. The molecule has 1 atom stereocenters. The van der Waals surface area contributed by atoms with Gasteiger partial charge in [-0.1, -0.05) is 24.3 Å². The highest BCUT2D eigenvalue weighted by atomic mass is 16.2. The van der Waals surface area contributed by atoms with Gasteiger partial charge < -0.3 is 15.5 Å². The molecule has 2 aromatic carbocycles. The molecule has 6 nitrogen and oxygen atoms in total. The Kier molecular flexibility index (Phi) is 5.54. The lowest BCUT2D eigenvalue weighted by Crippen LogP contribution is -2.32. The summed E-state index contributed by atoms with van der Waals surface area (Å²) in [5.74, 6) is -0.691. The molecule has 1 aliphatic heterocycles. The van der Waals surface area contributed by atoms with E-state index in [1.54, 1.807) is 29.2 Å². The Hall–Kier alpha value is -3.15. The monoisotopic (exact) mass is 365 g/mol. The van der Waals surface area contributed by atoms with Crippen molar-refractivity contribution in [1.82, 2.24) is 5.32 Å². The molecule has 3 amide bonds. The van der Waals surface area contributed by atoms with Gasteiger partial charge in [0.25, 0.3) is 0 Å².